The van der Waals surface area contributed by atoms with Crippen LogP contribution in [-0.4, -0.2) is 78.7 Å². The number of carbonyl (C=O) groups is 2. The van der Waals surface area contributed by atoms with Crippen molar-refractivity contribution in [1.29, 1.82) is 0 Å². The third-order valence-corrected chi connectivity index (χ3v) is 7.23. The maximum atomic E-state index is 13.4. The summed E-state index contributed by atoms with van der Waals surface area (Å²) in [6.07, 6.45) is 3.95. The van der Waals surface area contributed by atoms with Crippen LogP contribution in [0.2, 0.25) is 0 Å². The van der Waals surface area contributed by atoms with E-state index in [2.05, 4.69) is 11.8 Å². The second-order valence-electron chi connectivity index (χ2n) is 10.6. The van der Waals surface area contributed by atoms with E-state index in [0.29, 0.717) is 44.1 Å². The Balaban J connectivity index is 1.60. The molecule has 0 radical (unpaired) electrons. The van der Waals surface area contributed by atoms with Crippen molar-refractivity contribution in [2.24, 2.45) is 0 Å². The molecule has 4 rings (SSSR count). The van der Waals surface area contributed by atoms with E-state index >= 15 is 0 Å². The Morgan fingerprint density at radius 3 is 2.27 bits per heavy atom. The third kappa shape index (κ3) is 7.43. The van der Waals surface area contributed by atoms with Crippen LogP contribution in [0.5, 0.6) is 11.5 Å². The quantitative estimate of drug-likeness (QED) is 0.159. The summed E-state index contributed by atoms with van der Waals surface area (Å²) in [5, 5.41) is 11.4. The molecule has 1 atom stereocenters. The maximum absolute atomic E-state index is 13.4. The van der Waals surface area contributed by atoms with Crippen LogP contribution < -0.4 is 9.47 Å². The topological polar surface area (TPSA) is 88.5 Å². The van der Waals surface area contributed by atoms with Crippen LogP contribution in [-0.2, 0) is 14.3 Å². The first kappa shape index (κ1) is 29.6. The van der Waals surface area contributed by atoms with Crippen LogP contribution in [0.3, 0.4) is 0 Å². The highest BCUT2D eigenvalue weighted by Gasteiger charge is 2.45. The lowest BCUT2D eigenvalue weighted by Crippen LogP contribution is -2.38. The molecule has 40 heavy (non-hydrogen) atoms. The Morgan fingerprint density at radius 2 is 1.62 bits per heavy atom. The van der Waals surface area contributed by atoms with Gasteiger partial charge in [-0.3, -0.25) is 14.5 Å². The summed E-state index contributed by atoms with van der Waals surface area (Å²) >= 11 is 0. The van der Waals surface area contributed by atoms with Crippen LogP contribution in [0, 0.1) is 0 Å². The molecule has 2 aromatic carbocycles. The first-order chi connectivity index (χ1) is 19.4. The Kier molecular flexibility index (Phi) is 10.6. The zero-order valence-electron chi connectivity index (χ0n) is 23.9. The van der Waals surface area contributed by atoms with Gasteiger partial charge in [-0.25, -0.2) is 0 Å². The molecule has 0 aromatic heterocycles. The molecule has 216 valence electrons. The third-order valence-electron chi connectivity index (χ3n) is 7.23. The molecular weight excluding hydrogens is 508 g/mol. The summed E-state index contributed by atoms with van der Waals surface area (Å²) in [6, 6.07) is 13.7. The SMILES string of the molecule is CCCCCOc1ccc(C2/C(=C(\O)c3ccc(OC(C)C)cc3)C(=O)C(=O)N2CCCN2CCOCC2)cc1. The molecule has 2 aliphatic rings. The minimum atomic E-state index is -0.689. The van der Waals surface area contributed by atoms with Gasteiger partial charge in [0.2, 0.25) is 0 Å². The zero-order chi connectivity index (χ0) is 28.5. The number of hydrogen-bond donors (Lipinski definition) is 1. The number of hydrogen-bond acceptors (Lipinski definition) is 7. The number of amides is 1. The van der Waals surface area contributed by atoms with Crippen LogP contribution >= 0.6 is 0 Å². The number of carbonyl (C=O) groups excluding carboxylic acids is 2. The normalized spacial score (nSPS) is 19.4. The van der Waals surface area contributed by atoms with Crippen LogP contribution in [0.1, 0.15) is 63.6 Å². The maximum Gasteiger partial charge on any atom is 0.295 e. The van der Waals surface area contributed by atoms with Gasteiger partial charge in [0.25, 0.3) is 11.7 Å². The summed E-state index contributed by atoms with van der Waals surface area (Å²) in [7, 11) is 0. The number of ether oxygens (including phenoxy) is 3. The number of benzene rings is 2. The van der Waals surface area contributed by atoms with Crippen molar-refractivity contribution in [3.05, 3.63) is 65.2 Å². The van der Waals surface area contributed by atoms with Crippen LogP contribution in [0.4, 0.5) is 0 Å². The molecular formula is C32H42N2O6. The monoisotopic (exact) mass is 550 g/mol. The fourth-order valence-electron chi connectivity index (χ4n) is 5.15. The largest absolute Gasteiger partial charge is 0.507 e. The fourth-order valence-corrected chi connectivity index (χ4v) is 5.15. The summed E-state index contributed by atoms with van der Waals surface area (Å²) in [6.45, 7) is 11.0. The van der Waals surface area contributed by atoms with Gasteiger partial charge in [-0.1, -0.05) is 31.9 Å². The highest BCUT2D eigenvalue weighted by molar-refractivity contribution is 6.46. The Hall–Kier alpha value is -3.36. The first-order valence-electron chi connectivity index (χ1n) is 14.5. The van der Waals surface area contributed by atoms with Crippen LogP contribution in [0.25, 0.3) is 5.76 Å². The van der Waals surface area contributed by atoms with Gasteiger partial charge in [-0.05, 0) is 68.7 Å². The predicted molar refractivity (Wildman–Crippen MR) is 155 cm³/mol. The predicted octanol–water partition coefficient (Wildman–Crippen LogP) is 5.19. The summed E-state index contributed by atoms with van der Waals surface area (Å²) in [5.74, 6) is -0.0366. The van der Waals surface area contributed by atoms with E-state index < -0.39 is 17.7 Å². The lowest BCUT2D eigenvalue weighted by Gasteiger charge is -2.29. The van der Waals surface area contributed by atoms with E-state index in [1.807, 2.05) is 38.1 Å². The van der Waals surface area contributed by atoms with Gasteiger partial charge >= 0.3 is 0 Å². The molecule has 1 N–H and O–H groups in total. The number of ketones is 1. The number of aliphatic hydroxyl groups excluding tert-OH is 1. The highest BCUT2D eigenvalue weighted by atomic mass is 16.5. The highest BCUT2D eigenvalue weighted by Crippen LogP contribution is 2.40. The smallest absolute Gasteiger partial charge is 0.295 e. The average Bonchev–Trinajstić information content (AvgIpc) is 3.21. The Labute approximate surface area is 237 Å². The van der Waals surface area contributed by atoms with Gasteiger partial charge in [0.05, 0.1) is 37.5 Å². The number of likely N-dealkylation sites (tertiary alicyclic amines) is 1. The molecule has 8 heteroatoms. The number of unbranched alkanes of at least 4 members (excludes halogenated alkanes) is 2. The molecule has 1 amide bonds. The van der Waals surface area contributed by atoms with Gasteiger partial charge in [0.15, 0.2) is 0 Å². The lowest BCUT2D eigenvalue weighted by atomic mass is 9.95. The molecule has 2 aromatic rings. The molecule has 0 spiro atoms. The molecule has 2 fully saturated rings. The van der Waals surface area contributed by atoms with Crippen molar-refractivity contribution in [3.8, 4) is 11.5 Å². The molecule has 0 saturated carbocycles. The van der Waals surface area contributed by atoms with E-state index in [0.717, 1.165) is 50.2 Å². The van der Waals surface area contributed by atoms with Gasteiger partial charge in [0.1, 0.15) is 17.3 Å². The van der Waals surface area contributed by atoms with Gasteiger partial charge in [-0.15, -0.1) is 0 Å². The van der Waals surface area contributed by atoms with Crippen molar-refractivity contribution in [2.75, 3.05) is 46.0 Å². The number of nitrogens with zero attached hydrogens (tertiary/aromatic N) is 2. The number of morpholine rings is 1. The molecule has 1 unspecified atom stereocenters. The van der Waals surface area contributed by atoms with Crippen molar-refractivity contribution in [3.63, 3.8) is 0 Å². The van der Waals surface area contributed by atoms with Crippen LogP contribution in [0.15, 0.2) is 54.1 Å². The fraction of sp³-hybridized carbons (Fsp3) is 0.500. The van der Waals surface area contributed by atoms with Gasteiger partial charge in [-0.2, -0.15) is 0 Å². The molecule has 0 aliphatic carbocycles. The van der Waals surface area contributed by atoms with Crippen molar-refractivity contribution in [1.82, 2.24) is 9.80 Å². The molecule has 0 bridgehead atoms. The molecule has 8 nitrogen and oxygen atoms in total. The standard InChI is InChI=1S/C32H42N2O6/c1-4-5-6-20-39-26-12-8-24(9-13-26)29-28(30(35)25-10-14-27(15-11-25)40-23(2)3)31(36)32(37)34(29)17-7-16-33-18-21-38-22-19-33/h8-15,23,29,35H,4-7,16-22H2,1-3H3/b30-28+. The van der Waals surface area contributed by atoms with Crippen molar-refractivity contribution < 1.29 is 28.9 Å². The van der Waals surface area contributed by atoms with Crippen molar-refractivity contribution in [2.45, 2.75) is 58.6 Å². The first-order valence-corrected chi connectivity index (χ1v) is 14.5. The number of aliphatic hydroxyl groups is 1. The average molecular weight is 551 g/mol. The molecule has 2 aliphatic heterocycles. The summed E-state index contributed by atoms with van der Waals surface area (Å²) in [4.78, 5) is 30.6. The number of Topliss-reactive ketones (excluding diaryl/α,β-unsaturated/α-hetero) is 1. The second kappa shape index (κ2) is 14.3. The minimum Gasteiger partial charge on any atom is -0.507 e. The van der Waals surface area contributed by atoms with E-state index in [-0.39, 0.29) is 17.4 Å². The van der Waals surface area contributed by atoms with E-state index in [9.17, 15) is 14.7 Å². The Morgan fingerprint density at radius 1 is 0.950 bits per heavy atom. The molecule has 2 saturated heterocycles. The lowest BCUT2D eigenvalue weighted by molar-refractivity contribution is -0.140. The van der Waals surface area contributed by atoms with Gasteiger partial charge < -0.3 is 24.2 Å². The van der Waals surface area contributed by atoms with Crippen molar-refractivity contribution >= 4 is 17.4 Å². The van der Waals surface area contributed by atoms with E-state index in [1.54, 1.807) is 29.2 Å². The summed E-state index contributed by atoms with van der Waals surface area (Å²) < 4.78 is 17.0. The zero-order valence-corrected chi connectivity index (χ0v) is 23.9. The minimum absolute atomic E-state index is 0.0147. The number of rotatable bonds is 13. The summed E-state index contributed by atoms with van der Waals surface area (Å²) in [5.41, 5.74) is 1.32. The van der Waals surface area contributed by atoms with E-state index in [4.69, 9.17) is 14.2 Å². The molecule has 2 heterocycles. The second-order valence-corrected chi connectivity index (χ2v) is 10.6. The Bertz CT molecular complexity index is 1150. The van der Waals surface area contributed by atoms with E-state index in [1.165, 1.54) is 0 Å². The van der Waals surface area contributed by atoms with Gasteiger partial charge in [0, 0.05) is 31.7 Å².